The fraction of sp³-hybridized carbons (Fsp3) is 0.822. The van der Waals surface area contributed by atoms with Crippen LogP contribution in [-0.4, -0.2) is 100 Å². The van der Waals surface area contributed by atoms with Gasteiger partial charge in [-0.1, -0.05) is 34.7 Å². The third-order valence-corrected chi connectivity index (χ3v) is 11.8. The monoisotopic (exact) mass is 892 g/mol. The second kappa shape index (κ2) is 27.2. The van der Waals surface area contributed by atoms with Crippen molar-refractivity contribution in [2.45, 2.75) is 172 Å². The number of hydrogen-bond acceptors (Lipinski definition) is 15. The van der Waals surface area contributed by atoms with Crippen LogP contribution in [0.25, 0.3) is 0 Å². The van der Waals surface area contributed by atoms with Crippen LogP contribution in [0.3, 0.4) is 0 Å². The first-order valence-electron chi connectivity index (χ1n) is 23.4. The van der Waals surface area contributed by atoms with Crippen LogP contribution < -0.4 is 40.6 Å². The molecule has 0 aromatic carbocycles. The molecule has 3 saturated heterocycles. The number of carbonyl (C=O) groups is 2. The van der Waals surface area contributed by atoms with Crippen molar-refractivity contribution in [1.82, 2.24) is 30.5 Å². The minimum atomic E-state index is -0.445. The molecule has 348 valence electrons. The van der Waals surface area contributed by atoms with Gasteiger partial charge in [-0.2, -0.15) is 15.2 Å². The summed E-state index contributed by atoms with van der Waals surface area (Å²) in [5.41, 5.74) is 4.73. The van der Waals surface area contributed by atoms with Gasteiger partial charge in [-0.05, 0) is 137 Å². The number of likely N-dealkylation sites (tertiary alicyclic amines) is 1. The molecule has 5 aliphatic carbocycles. The van der Waals surface area contributed by atoms with Crippen molar-refractivity contribution in [3.05, 3.63) is 23.4 Å². The Morgan fingerprint density at radius 2 is 1.30 bits per heavy atom. The van der Waals surface area contributed by atoms with Crippen molar-refractivity contribution in [3.63, 3.8) is 0 Å². The molecule has 2 aromatic heterocycles. The molecule has 10 rings (SSSR count). The fourth-order valence-electron chi connectivity index (χ4n) is 7.23. The molecular weight excluding hydrogens is 818 g/mol. The maximum atomic E-state index is 12.0. The minimum Gasteiger partial charge on any atom is -1.00 e. The van der Waals surface area contributed by atoms with E-state index < -0.39 is 5.60 Å². The Labute approximate surface area is 397 Å². The number of esters is 1. The van der Waals surface area contributed by atoms with E-state index in [0.717, 1.165) is 114 Å². The van der Waals surface area contributed by atoms with Gasteiger partial charge in [0.15, 0.2) is 11.6 Å². The maximum absolute atomic E-state index is 12.0. The Kier molecular flexibility index (Phi) is 22.6. The topological polar surface area (TPSA) is 237 Å². The van der Waals surface area contributed by atoms with Crippen LogP contribution in [0.5, 0.6) is 0 Å². The van der Waals surface area contributed by atoms with Crippen molar-refractivity contribution in [3.8, 4) is 6.07 Å². The smallest absolute Gasteiger partial charge is 1.00 e. The van der Waals surface area contributed by atoms with Gasteiger partial charge in [-0.3, -0.25) is 4.79 Å². The number of nitrogens with zero attached hydrogens (tertiary/aromatic N) is 7. The van der Waals surface area contributed by atoms with Crippen LogP contribution >= 0.6 is 0 Å². The molecule has 0 unspecified atom stereocenters. The summed E-state index contributed by atoms with van der Waals surface area (Å²) in [6.45, 7) is 11.2. The molecule has 3 aliphatic heterocycles. The first kappa shape index (κ1) is 52.3. The van der Waals surface area contributed by atoms with Gasteiger partial charge in [0, 0.05) is 61.8 Å². The van der Waals surface area contributed by atoms with E-state index in [0.29, 0.717) is 48.5 Å². The van der Waals surface area contributed by atoms with E-state index in [1.165, 1.54) is 64.9 Å². The second-order valence-electron chi connectivity index (χ2n) is 18.7. The number of piperidine rings is 2. The molecule has 0 radical (unpaired) electrons. The first-order valence-corrected chi connectivity index (χ1v) is 23.4. The number of aromatic nitrogens is 4. The summed E-state index contributed by atoms with van der Waals surface area (Å²) in [5.74, 6) is 6.71. The summed E-state index contributed by atoms with van der Waals surface area (Å²) < 4.78 is 25.7. The molecule has 5 heterocycles. The predicted octanol–water partition coefficient (Wildman–Crippen LogP) is 5.19. The standard InChI is InChI=1S/C15H23N3O3.C10H15N3O.C8H14O2.C4H8N2O.C4H5N.C4H8O.Na.H/c1-15(2,3)20-14(19)18-8-6-11(7-9-18)13-16-12(17-21-13)10-4-5-10;1-2-7(1)9-12-10(14-13-9)8-3-5-11-6-4-8;1-10-8(9)7-5-3-2-4-6-7;5-4(6-7)3-1-2-3;5-3-4-1-2-4;1-2-4-5-3-1;;/h10-11H,4-9H2,1-3H3;7-8,11H,1-6H2;7H,2-6H2,1H3;3,7H,1-2H2,(H2,5,6);4H,1-2H2;1-4H2;;/q;;;;;;+1;-1. The molecule has 5 saturated carbocycles. The molecule has 8 fully saturated rings. The maximum Gasteiger partial charge on any atom is 1.00 e. The second-order valence-corrected chi connectivity index (χ2v) is 18.7. The number of nitrogens with one attached hydrogen (secondary N) is 1. The summed E-state index contributed by atoms with van der Waals surface area (Å²) in [7, 11) is 1.47. The quantitative estimate of drug-likeness (QED) is 0.0845. The Bertz CT molecular complexity index is 1690. The van der Waals surface area contributed by atoms with Crippen LogP contribution in [-0.2, 0) is 19.0 Å². The Morgan fingerprint density at radius 3 is 1.67 bits per heavy atom. The number of rotatable bonds is 6. The van der Waals surface area contributed by atoms with Crippen molar-refractivity contribution in [1.29, 1.82) is 5.26 Å². The van der Waals surface area contributed by atoms with Gasteiger partial charge < -0.3 is 45.8 Å². The number of methoxy groups -OCH3 is 1. The molecular formula is C45H74N9NaO8. The van der Waals surface area contributed by atoms with Crippen LogP contribution in [0.4, 0.5) is 4.79 Å². The van der Waals surface area contributed by atoms with E-state index in [2.05, 4.69) is 41.6 Å². The van der Waals surface area contributed by atoms with Gasteiger partial charge in [0.1, 0.15) is 11.4 Å². The zero-order chi connectivity index (χ0) is 44.3. The van der Waals surface area contributed by atoms with Crippen molar-refractivity contribution in [2.24, 2.45) is 28.6 Å². The van der Waals surface area contributed by atoms with E-state index in [4.69, 9.17) is 34.7 Å². The van der Waals surface area contributed by atoms with Crippen molar-refractivity contribution in [2.75, 3.05) is 46.5 Å². The number of amidine groups is 1. The van der Waals surface area contributed by atoms with Gasteiger partial charge in [0.25, 0.3) is 0 Å². The normalized spacial score (nSPS) is 21.6. The zero-order valence-electron chi connectivity index (χ0n) is 39.7. The molecule has 1 amide bonds. The van der Waals surface area contributed by atoms with Crippen molar-refractivity contribution < 1.29 is 69.0 Å². The number of nitriles is 1. The van der Waals surface area contributed by atoms with Gasteiger partial charge in [0.2, 0.25) is 11.8 Å². The summed E-state index contributed by atoms with van der Waals surface area (Å²) in [5, 5.41) is 30.3. The SMILES string of the molecule is C1CC(c2nc(C3CC3)no2)CCN1.C1CCOC1.CC(C)(C)OC(=O)N1CCC(c2nc(C3CC3)no2)CC1.COC(=O)C1CCCCC1.N#CC1CC1.N/C(=N\O)C1CC1.[H-].[Na+]. The predicted molar refractivity (Wildman–Crippen MR) is 231 cm³/mol. The molecule has 17 nitrogen and oxygen atoms in total. The van der Waals surface area contributed by atoms with E-state index in [1.807, 2.05) is 20.8 Å². The Balaban J connectivity index is 0.000000220. The number of hydrogen-bond donors (Lipinski definition) is 3. The van der Waals surface area contributed by atoms with E-state index in [1.54, 1.807) is 4.90 Å². The number of carbonyl (C=O) groups excluding carboxylic acids is 2. The number of oxime groups is 1. The third-order valence-electron chi connectivity index (χ3n) is 11.8. The summed E-state index contributed by atoms with van der Waals surface area (Å²) >= 11 is 0. The largest absolute Gasteiger partial charge is 1.00 e. The first-order chi connectivity index (χ1) is 30.0. The average Bonchev–Trinajstić information content (AvgIpc) is 4.15. The van der Waals surface area contributed by atoms with Crippen LogP contribution in [0.15, 0.2) is 14.2 Å². The van der Waals surface area contributed by atoms with Gasteiger partial charge in [0.05, 0.1) is 19.1 Å². The molecule has 4 N–H and O–H groups in total. The third kappa shape index (κ3) is 20.2. The van der Waals surface area contributed by atoms with Gasteiger partial charge >= 0.3 is 41.6 Å². The zero-order valence-corrected chi connectivity index (χ0v) is 40.7. The minimum absolute atomic E-state index is 0. The Hall–Kier alpha value is -3.30. The van der Waals surface area contributed by atoms with Crippen LogP contribution in [0, 0.1) is 29.1 Å². The Morgan fingerprint density at radius 1 is 0.778 bits per heavy atom. The van der Waals surface area contributed by atoms with E-state index >= 15 is 0 Å². The fourth-order valence-corrected chi connectivity index (χ4v) is 7.23. The number of amides is 1. The number of ether oxygens (including phenoxy) is 3. The van der Waals surface area contributed by atoms with Gasteiger partial charge in [-0.15, -0.1) is 0 Å². The van der Waals surface area contributed by atoms with Gasteiger partial charge in [-0.25, -0.2) is 4.79 Å². The summed E-state index contributed by atoms with van der Waals surface area (Å²) in [6, 6.07) is 2.14. The van der Waals surface area contributed by atoms with E-state index in [9.17, 15) is 9.59 Å². The molecule has 63 heavy (non-hydrogen) atoms. The molecule has 0 bridgehead atoms. The van der Waals surface area contributed by atoms with Crippen LogP contribution in [0.1, 0.15) is 191 Å². The van der Waals surface area contributed by atoms with E-state index in [-0.39, 0.29) is 54.9 Å². The molecule has 2 aromatic rings. The van der Waals surface area contributed by atoms with Crippen LogP contribution in [0.2, 0.25) is 0 Å². The molecule has 0 atom stereocenters. The number of nitrogens with two attached hydrogens (primary N) is 1. The summed E-state index contributed by atoms with van der Waals surface area (Å²) in [4.78, 5) is 33.7. The summed E-state index contributed by atoms with van der Waals surface area (Å²) in [6.07, 6.45) is 21.4. The molecule has 8 aliphatic rings. The molecule has 18 heteroatoms. The molecule has 0 spiro atoms. The van der Waals surface area contributed by atoms with Crippen molar-refractivity contribution >= 4 is 17.9 Å². The average molecular weight is 892 g/mol.